The third-order valence-electron chi connectivity index (χ3n) is 1.91. The van der Waals surface area contributed by atoms with E-state index in [4.69, 9.17) is 17.3 Å². The van der Waals surface area contributed by atoms with E-state index in [1.54, 1.807) is 18.5 Å². The van der Waals surface area contributed by atoms with Gasteiger partial charge in [-0.2, -0.15) is 0 Å². The minimum absolute atomic E-state index is 0.642. The maximum Gasteiger partial charge on any atom is 0.0432 e. The van der Waals surface area contributed by atoms with E-state index >= 15 is 0 Å². The first-order valence-corrected chi connectivity index (χ1v) is 4.60. The molecule has 0 aliphatic carbocycles. The van der Waals surface area contributed by atoms with E-state index < -0.39 is 0 Å². The molecule has 2 nitrogen and oxygen atoms in total. The molecule has 0 spiro atoms. The SMILES string of the molecule is Nc1cc(Cl)cc(-c2cccnc2)c1. The van der Waals surface area contributed by atoms with Crippen LogP contribution in [0.15, 0.2) is 42.7 Å². The van der Waals surface area contributed by atoms with Crippen LogP contribution in [0.25, 0.3) is 11.1 Å². The number of hydrogen-bond donors (Lipinski definition) is 1. The van der Waals surface area contributed by atoms with Crippen molar-refractivity contribution in [1.29, 1.82) is 0 Å². The fourth-order valence-corrected chi connectivity index (χ4v) is 1.56. The number of pyridine rings is 1. The summed E-state index contributed by atoms with van der Waals surface area (Å²) in [6, 6.07) is 9.32. The average Bonchev–Trinajstić information content (AvgIpc) is 2.18. The number of halogens is 1. The van der Waals surface area contributed by atoms with Crippen molar-refractivity contribution in [1.82, 2.24) is 4.98 Å². The Hall–Kier alpha value is -1.54. The number of hydrogen-bond acceptors (Lipinski definition) is 2. The number of benzene rings is 1. The number of rotatable bonds is 1. The highest BCUT2D eigenvalue weighted by Crippen LogP contribution is 2.24. The third-order valence-corrected chi connectivity index (χ3v) is 2.13. The Labute approximate surface area is 87.4 Å². The highest BCUT2D eigenvalue weighted by atomic mass is 35.5. The van der Waals surface area contributed by atoms with Crippen LogP contribution in [0, 0.1) is 0 Å². The van der Waals surface area contributed by atoms with Crippen molar-refractivity contribution in [3.05, 3.63) is 47.7 Å². The second-order valence-electron chi connectivity index (χ2n) is 3.01. The number of aromatic nitrogens is 1. The van der Waals surface area contributed by atoms with Gasteiger partial charge < -0.3 is 5.73 Å². The summed E-state index contributed by atoms with van der Waals surface area (Å²) in [4.78, 5) is 4.04. The summed E-state index contributed by atoms with van der Waals surface area (Å²) in [6.07, 6.45) is 3.52. The van der Waals surface area contributed by atoms with Crippen molar-refractivity contribution in [2.45, 2.75) is 0 Å². The van der Waals surface area contributed by atoms with E-state index in [1.807, 2.05) is 24.3 Å². The molecule has 0 atom stereocenters. The summed E-state index contributed by atoms with van der Waals surface area (Å²) in [5.74, 6) is 0. The average molecular weight is 205 g/mol. The van der Waals surface area contributed by atoms with Gasteiger partial charge in [0.05, 0.1) is 0 Å². The maximum atomic E-state index is 5.90. The number of anilines is 1. The molecule has 0 fully saturated rings. The van der Waals surface area contributed by atoms with Gasteiger partial charge in [0.25, 0.3) is 0 Å². The van der Waals surface area contributed by atoms with Crippen molar-refractivity contribution in [3.63, 3.8) is 0 Å². The van der Waals surface area contributed by atoms with Gasteiger partial charge in [-0.3, -0.25) is 4.98 Å². The van der Waals surface area contributed by atoms with E-state index in [0.717, 1.165) is 11.1 Å². The van der Waals surface area contributed by atoms with Crippen LogP contribution in [0.3, 0.4) is 0 Å². The van der Waals surface area contributed by atoms with Crippen LogP contribution in [-0.4, -0.2) is 4.98 Å². The molecular formula is C11H9ClN2. The molecule has 70 valence electrons. The third kappa shape index (κ3) is 1.86. The van der Waals surface area contributed by atoms with Crippen molar-refractivity contribution < 1.29 is 0 Å². The van der Waals surface area contributed by atoms with Gasteiger partial charge in [0.1, 0.15) is 0 Å². The highest BCUT2D eigenvalue weighted by molar-refractivity contribution is 6.31. The minimum Gasteiger partial charge on any atom is -0.399 e. The van der Waals surface area contributed by atoms with E-state index in [2.05, 4.69) is 4.98 Å². The lowest BCUT2D eigenvalue weighted by molar-refractivity contribution is 1.33. The van der Waals surface area contributed by atoms with Gasteiger partial charge >= 0.3 is 0 Å². The Morgan fingerprint density at radius 3 is 2.64 bits per heavy atom. The Balaban J connectivity index is 2.52. The molecule has 0 amide bonds. The summed E-state index contributed by atoms with van der Waals surface area (Å²) < 4.78 is 0. The Bertz CT molecular complexity index is 420. The van der Waals surface area contributed by atoms with Crippen molar-refractivity contribution >= 4 is 17.3 Å². The lowest BCUT2D eigenvalue weighted by Gasteiger charge is -2.02. The van der Waals surface area contributed by atoms with Crippen molar-refractivity contribution in [2.75, 3.05) is 5.73 Å². The van der Waals surface area contributed by atoms with Gasteiger partial charge in [-0.1, -0.05) is 17.7 Å². The van der Waals surface area contributed by atoms with Crippen LogP contribution in [0.2, 0.25) is 5.02 Å². The molecule has 1 aromatic heterocycles. The van der Waals surface area contributed by atoms with Crippen molar-refractivity contribution in [2.24, 2.45) is 0 Å². The van der Waals surface area contributed by atoms with Gasteiger partial charge in [-0.25, -0.2) is 0 Å². The van der Waals surface area contributed by atoms with Crippen LogP contribution in [0.1, 0.15) is 0 Å². The monoisotopic (exact) mass is 204 g/mol. The molecule has 3 heteroatoms. The summed E-state index contributed by atoms with van der Waals surface area (Å²) in [5, 5.41) is 0.642. The Morgan fingerprint density at radius 2 is 2.00 bits per heavy atom. The summed E-state index contributed by atoms with van der Waals surface area (Å²) >= 11 is 5.90. The second-order valence-corrected chi connectivity index (χ2v) is 3.45. The molecule has 0 aliphatic rings. The molecule has 1 aromatic carbocycles. The molecule has 14 heavy (non-hydrogen) atoms. The number of nitrogens with zero attached hydrogens (tertiary/aromatic N) is 1. The molecule has 0 bridgehead atoms. The van der Waals surface area contributed by atoms with E-state index in [9.17, 15) is 0 Å². The maximum absolute atomic E-state index is 5.90. The largest absolute Gasteiger partial charge is 0.399 e. The molecule has 0 unspecified atom stereocenters. The smallest absolute Gasteiger partial charge is 0.0432 e. The first-order chi connectivity index (χ1) is 6.75. The highest BCUT2D eigenvalue weighted by Gasteiger charge is 1.99. The van der Waals surface area contributed by atoms with Crippen LogP contribution in [0.4, 0.5) is 5.69 Å². The van der Waals surface area contributed by atoms with Gasteiger partial charge in [-0.15, -0.1) is 0 Å². The van der Waals surface area contributed by atoms with Crippen LogP contribution in [-0.2, 0) is 0 Å². The van der Waals surface area contributed by atoms with Crippen molar-refractivity contribution in [3.8, 4) is 11.1 Å². The topological polar surface area (TPSA) is 38.9 Å². The lowest BCUT2D eigenvalue weighted by atomic mass is 10.1. The van der Waals surface area contributed by atoms with E-state index in [0.29, 0.717) is 10.7 Å². The zero-order valence-electron chi connectivity index (χ0n) is 7.44. The molecule has 2 N–H and O–H groups in total. The van der Waals surface area contributed by atoms with Crippen LogP contribution in [0.5, 0.6) is 0 Å². The Kier molecular flexibility index (Phi) is 2.37. The molecule has 0 saturated heterocycles. The van der Waals surface area contributed by atoms with Gasteiger partial charge in [-0.05, 0) is 29.8 Å². The molecule has 1 heterocycles. The lowest BCUT2D eigenvalue weighted by Crippen LogP contribution is -1.86. The molecule has 0 radical (unpaired) electrons. The zero-order valence-corrected chi connectivity index (χ0v) is 8.20. The molecule has 2 rings (SSSR count). The number of nitrogen functional groups attached to an aromatic ring is 1. The fraction of sp³-hybridized carbons (Fsp3) is 0. The van der Waals surface area contributed by atoms with E-state index in [1.165, 1.54) is 0 Å². The Morgan fingerprint density at radius 1 is 1.14 bits per heavy atom. The molecule has 0 aliphatic heterocycles. The summed E-state index contributed by atoms with van der Waals surface area (Å²) in [7, 11) is 0. The first kappa shape index (κ1) is 9.03. The predicted molar refractivity (Wildman–Crippen MR) is 59.1 cm³/mol. The van der Waals surface area contributed by atoms with Crippen LogP contribution >= 0.6 is 11.6 Å². The minimum atomic E-state index is 0.642. The molecule has 2 aromatic rings. The second kappa shape index (κ2) is 3.68. The van der Waals surface area contributed by atoms with Crippen LogP contribution < -0.4 is 5.73 Å². The normalized spacial score (nSPS) is 10.1. The zero-order chi connectivity index (χ0) is 9.97. The molecule has 0 saturated carbocycles. The fourth-order valence-electron chi connectivity index (χ4n) is 1.31. The number of nitrogens with two attached hydrogens (primary N) is 1. The van der Waals surface area contributed by atoms with Gasteiger partial charge in [0.2, 0.25) is 0 Å². The van der Waals surface area contributed by atoms with Gasteiger partial charge in [0, 0.05) is 28.7 Å². The standard InChI is InChI=1S/C11H9ClN2/c12-10-4-9(5-11(13)6-10)8-2-1-3-14-7-8/h1-7H,13H2. The first-order valence-electron chi connectivity index (χ1n) is 4.22. The van der Waals surface area contributed by atoms with E-state index in [-0.39, 0.29) is 0 Å². The van der Waals surface area contributed by atoms with Gasteiger partial charge in [0.15, 0.2) is 0 Å². The summed E-state index contributed by atoms with van der Waals surface area (Å²) in [6.45, 7) is 0. The quantitative estimate of drug-likeness (QED) is 0.726. The summed E-state index contributed by atoms with van der Waals surface area (Å²) in [5.41, 5.74) is 8.36. The molecular weight excluding hydrogens is 196 g/mol. The predicted octanol–water partition coefficient (Wildman–Crippen LogP) is 2.98.